The Morgan fingerprint density at radius 1 is 1.06 bits per heavy atom. The number of rotatable bonds is 7. The van der Waals surface area contributed by atoms with Gasteiger partial charge in [-0.15, -0.1) is 0 Å². The molecule has 5 N–H and O–H groups in total. The Morgan fingerprint density at radius 2 is 1.71 bits per heavy atom. The van der Waals surface area contributed by atoms with Crippen LogP contribution in [0.1, 0.15) is 63.0 Å². The van der Waals surface area contributed by atoms with E-state index in [-0.39, 0.29) is 28.2 Å². The summed E-state index contributed by atoms with van der Waals surface area (Å²) < 4.78 is 3.98. The number of para-hydroxylation sites is 1. The van der Waals surface area contributed by atoms with Crippen molar-refractivity contribution in [2.24, 2.45) is 5.73 Å². The molecule has 2 aromatic carbocycles. The van der Waals surface area contributed by atoms with Crippen LogP contribution in [-0.2, 0) is 4.79 Å². The van der Waals surface area contributed by atoms with Crippen molar-refractivity contribution in [1.29, 1.82) is 0 Å². The number of anilines is 2. The maximum atomic E-state index is 13.9. The molecule has 0 spiro atoms. The molecular weight excluding hydrogens is 450 g/mol. The molecule has 0 saturated heterocycles. The van der Waals surface area contributed by atoms with E-state index in [1.54, 1.807) is 24.3 Å². The number of nitrogen functional groups attached to an aromatic ring is 1. The third kappa shape index (κ3) is 4.79. The van der Waals surface area contributed by atoms with Gasteiger partial charge in [0.15, 0.2) is 5.69 Å². The zero-order chi connectivity index (χ0) is 24.2. The van der Waals surface area contributed by atoms with E-state index in [1.807, 2.05) is 37.3 Å². The molecule has 1 heterocycles. The zero-order valence-electron chi connectivity index (χ0n) is 18.9. The molecule has 1 aliphatic rings. The Kier molecular flexibility index (Phi) is 6.93. The highest BCUT2D eigenvalue weighted by molar-refractivity contribution is 7.09. The molecule has 1 saturated carbocycles. The molecule has 176 valence electrons. The summed E-state index contributed by atoms with van der Waals surface area (Å²) in [7, 11) is 0. The van der Waals surface area contributed by atoms with Crippen molar-refractivity contribution >= 4 is 40.6 Å². The Morgan fingerprint density at radius 3 is 2.29 bits per heavy atom. The van der Waals surface area contributed by atoms with Crippen molar-refractivity contribution in [3.63, 3.8) is 0 Å². The van der Waals surface area contributed by atoms with E-state index in [4.69, 9.17) is 11.5 Å². The number of hydrogen-bond donors (Lipinski definition) is 3. The Hall–Kier alpha value is -3.72. The van der Waals surface area contributed by atoms with Gasteiger partial charge >= 0.3 is 0 Å². The number of carbonyl (C=O) groups excluding carboxylic acids is 3. The minimum absolute atomic E-state index is 0.0587. The van der Waals surface area contributed by atoms with Crippen LogP contribution in [0.25, 0.3) is 0 Å². The molecule has 3 amide bonds. The molecule has 8 nitrogen and oxygen atoms in total. The molecule has 0 unspecified atom stereocenters. The van der Waals surface area contributed by atoms with E-state index in [1.165, 1.54) is 4.90 Å². The molecule has 1 aromatic heterocycles. The normalized spacial score (nSPS) is 14.5. The van der Waals surface area contributed by atoms with Gasteiger partial charge in [-0.05, 0) is 49.0 Å². The average molecular weight is 478 g/mol. The van der Waals surface area contributed by atoms with Crippen LogP contribution in [-0.4, -0.2) is 28.1 Å². The SMILES string of the molecule is Cc1ccc([C@@H](C(=O)NC2CCCC2)N(C(=O)c2snc(C(N)=O)c2N)c2ccccc2)cc1. The second-order valence-electron chi connectivity index (χ2n) is 8.45. The first-order valence-electron chi connectivity index (χ1n) is 11.2. The Bertz CT molecular complexity index is 1190. The summed E-state index contributed by atoms with van der Waals surface area (Å²) in [6.07, 6.45) is 3.95. The molecule has 3 aromatic rings. The summed E-state index contributed by atoms with van der Waals surface area (Å²) >= 11 is 0.797. The van der Waals surface area contributed by atoms with Crippen LogP contribution in [0.4, 0.5) is 11.4 Å². The summed E-state index contributed by atoms with van der Waals surface area (Å²) in [5.41, 5.74) is 13.4. The molecule has 0 aliphatic heterocycles. The van der Waals surface area contributed by atoms with E-state index >= 15 is 0 Å². The van der Waals surface area contributed by atoms with Crippen LogP contribution in [0.2, 0.25) is 0 Å². The smallest absolute Gasteiger partial charge is 0.273 e. The molecule has 4 rings (SSSR count). The number of hydrogen-bond acceptors (Lipinski definition) is 6. The van der Waals surface area contributed by atoms with Gasteiger partial charge in [-0.1, -0.05) is 60.9 Å². The number of carbonyl (C=O) groups is 3. The summed E-state index contributed by atoms with van der Waals surface area (Å²) in [4.78, 5) is 40.8. The number of benzene rings is 2. The van der Waals surface area contributed by atoms with Crippen molar-refractivity contribution in [3.05, 3.63) is 76.3 Å². The monoisotopic (exact) mass is 477 g/mol. The summed E-state index contributed by atoms with van der Waals surface area (Å²) in [5, 5.41) is 3.14. The lowest BCUT2D eigenvalue weighted by molar-refractivity contribution is -0.123. The molecular formula is C25H27N5O3S. The van der Waals surface area contributed by atoms with E-state index in [2.05, 4.69) is 9.69 Å². The lowest BCUT2D eigenvalue weighted by Gasteiger charge is -2.32. The fourth-order valence-electron chi connectivity index (χ4n) is 4.23. The fraction of sp³-hybridized carbons (Fsp3) is 0.280. The molecule has 34 heavy (non-hydrogen) atoms. The second-order valence-corrected chi connectivity index (χ2v) is 9.23. The predicted octanol–water partition coefficient (Wildman–Crippen LogP) is 3.58. The predicted molar refractivity (Wildman–Crippen MR) is 133 cm³/mol. The van der Waals surface area contributed by atoms with Gasteiger partial charge in [0.2, 0.25) is 5.91 Å². The molecule has 1 fully saturated rings. The summed E-state index contributed by atoms with van der Waals surface area (Å²) in [5.74, 6) is -1.61. The number of nitrogens with two attached hydrogens (primary N) is 2. The van der Waals surface area contributed by atoms with Crippen LogP contribution in [0.15, 0.2) is 54.6 Å². The van der Waals surface area contributed by atoms with Gasteiger partial charge in [0, 0.05) is 11.7 Å². The fourth-order valence-corrected chi connectivity index (χ4v) is 4.97. The van der Waals surface area contributed by atoms with Gasteiger partial charge < -0.3 is 16.8 Å². The van der Waals surface area contributed by atoms with Gasteiger partial charge in [0.1, 0.15) is 10.9 Å². The summed E-state index contributed by atoms with van der Waals surface area (Å²) in [6, 6.07) is 15.6. The van der Waals surface area contributed by atoms with Crippen molar-refractivity contribution in [3.8, 4) is 0 Å². The minimum atomic E-state index is -0.949. The molecule has 9 heteroatoms. The summed E-state index contributed by atoms with van der Waals surface area (Å²) in [6.45, 7) is 1.96. The largest absolute Gasteiger partial charge is 0.395 e. The highest BCUT2D eigenvalue weighted by atomic mass is 32.1. The zero-order valence-corrected chi connectivity index (χ0v) is 19.7. The van der Waals surface area contributed by atoms with Crippen LogP contribution < -0.4 is 21.7 Å². The lowest BCUT2D eigenvalue weighted by atomic mass is 10.0. The number of primary amides is 1. The van der Waals surface area contributed by atoms with Crippen LogP contribution in [0.3, 0.4) is 0 Å². The van der Waals surface area contributed by atoms with E-state index in [0.717, 1.165) is 42.8 Å². The Labute approximate surface area is 202 Å². The van der Waals surface area contributed by atoms with Gasteiger partial charge in [0.05, 0.1) is 5.69 Å². The first-order valence-corrected chi connectivity index (χ1v) is 11.9. The Balaban J connectivity index is 1.82. The van der Waals surface area contributed by atoms with Crippen molar-refractivity contribution in [2.45, 2.75) is 44.7 Å². The number of nitrogens with one attached hydrogen (secondary N) is 1. The topological polar surface area (TPSA) is 131 Å². The first kappa shape index (κ1) is 23.4. The van der Waals surface area contributed by atoms with Crippen LogP contribution >= 0.6 is 11.5 Å². The molecule has 0 radical (unpaired) electrons. The number of aromatic nitrogens is 1. The molecule has 1 aliphatic carbocycles. The number of amides is 3. The van der Waals surface area contributed by atoms with Crippen LogP contribution in [0, 0.1) is 6.92 Å². The lowest BCUT2D eigenvalue weighted by Crippen LogP contribution is -2.46. The van der Waals surface area contributed by atoms with E-state index in [9.17, 15) is 14.4 Å². The third-order valence-corrected chi connectivity index (χ3v) is 6.86. The van der Waals surface area contributed by atoms with Crippen molar-refractivity contribution in [2.75, 3.05) is 10.6 Å². The first-order chi connectivity index (χ1) is 16.4. The molecule has 1 atom stereocenters. The van der Waals surface area contributed by atoms with Gasteiger partial charge in [0.25, 0.3) is 11.8 Å². The highest BCUT2D eigenvalue weighted by Gasteiger charge is 2.36. The number of nitrogens with zero attached hydrogens (tertiary/aromatic N) is 2. The van der Waals surface area contributed by atoms with Gasteiger partial charge in [-0.2, -0.15) is 4.37 Å². The molecule has 0 bridgehead atoms. The third-order valence-electron chi connectivity index (χ3n) is 6.01. The maximum absolute atomic E-state index is 13.9. The van der Waals surface area contributed by atoms with Crippen LogP contribution in [0.5, 0.6) is 0 Å². The highest BCUT2D eigenvalue weighted by Crippen LogP contribution is 2.33. The average Bonchev–Trinajstić information content (AvgIpc) is 3.48. The number of aryl methyl sites for hydroxylation is 1. The van der Waals surface area contributed by atoms with E-state index in [0.29, 0.717) is 11.3 Å². The van der Waals surface area contributed by atoms with Gasteiger partial charge in [-0.3, -0.25) is 19.3 Å². The quantitative estimate of drug-likeness (QED) is 0.479. The van der Waals surface area contributed by atoms with Gasteiger partial charge in [-0.25, -0.2) is 0 Å². The second kappa shape index (κ2) is 10.0. The van der Waals surface area contributed by atoms with Crippen molar-refractivity contribution in [1.82, 2.24) is 9.69 Å². The van der Waals surface area contributed by atoms with Crippen molar-refractivity contribution < 1.29 is 14.4 Å². The minimum Gasteiger partial charge on any atom is -0.395 e. The standard InChI is InChI=1S/C25H27N5O3S/c1-15-11-13-16(14-12-15)21(24(32)28-17-7-5-6-8-17)30(18-9-3-2-4-10-18)25(33)22-19(26)20(23(27)31)29-34-22/h2-4,9-14,17,21H,5-8,26H2,1H3,(H2,27,31)(H,28,32)/t21-/m0/s1. The maximum Gasteiger partial charge on any atom is 0.273 e. The van der Waals surface area contributed by atoms with E-state index < -0.39 is 17.9 Å².